The summed E-state index contributed by atoms with van der Waals surface area (Å²) in [6.45, 7) is 13.9. The lowest BCUT2D eigenvalue weighted by atomic mass is 10.0. The van der Waals surface area contributed by atoms with Gasteiger partial charge in [-0.25, -0.2) is 0 Å². The SMILES string of the molecule is C#CCOCCOCCOCCOCCOCCOCCOCCOCCOCCOCCOCCOc1ccc(CCCCCCCCC)cc1. The van der Waals surface area contributed by atoms with Crippen LogP contribution >= 0.6 is 0 Å². The zero-order valence-electron chi connectivity index (χ0n) is 32.2. The molecule has 12 heteroatoms. The first-order valence-corrected chi connectivity index (χ1v) is 19.4. The first kappa shape index (κ1) is 48.2. The van der Waals surface area contributed by atoms with Gasteiger partial charge in [-0.2, -0.15) is 0 Å². The highest BCUT2D eigenvalue weighted by Crippen LogP contribution is 2.15. The highest BCUT2D eigenvalue weighted by atomic mass is 16.6. The summed E-state index contributed by atoms with van der Waals surface area (Å²) in [5.41, 5.74) is 1.38. The fourth-order valence-corrected chi connectivity index (χ4v) is 4.59. The van der Waals surface area contributed by atoms with Crippen LogP contribution < -0.4 is 4.74 Å². The molecule has 12 nitrogen and oxygen atoms in total. The van der Waals surface area contributed by atoms with Crippen molar-refractivity contribution in [1.29, 1.82) is 0 Å². The molecule has 1 rings (SSSR count). The Labute approximate surface area is 314 Å². The summed E-state index contributed by atoms with van der Waals surface area (Å²) in [5.74, 6) is 3.29. The van der Waals surface area contributed by atoms with Gasteiger partial charge >= 0.3 is 0 Å². The van der Waals surface area contributed by atoms with Crippen LogP contribution in [0.25, 0.3) is 0 Å². The van der Waals surface area contributed by atoms with Crippen molar-refractivity contribution in [2.24, 2.45) is 0 Å². The summed E-state index contributed by atoms with van der Waals surface area (Å²) < 4.78 is 65.8. The molecule has 302 valence electrons. The van der Waals surface area contributed by atoms with E-state index in [1.54, 1.807) is 0 Å². The molecule has 0 heterocycles. The molecule has 0 atom stereocenters. The van der Waals surface area contributed by atoms with Crippen molar-refractivity contribution < 1.29 is 56.8 Å². The monoisotopic (exact) mass is 742 g/mol. The van der Waals surface area contributed by atoms with Crippen LogP contribution in [-0.2, 0) is 58.5 Å². The van der Waals surface area contributed by atoms with E-state index in [2.05, 4.69) is 37.1 Å². The third kappa shape index (κ3) is 36.5. The smallest absolute Gasteiger partial charge is 0.119 e. The molecule has 0 spiro atoms. The van der Waals surface area contributed by atoms with Gasteiger partial charge in [-0.15, -0.1) is 6.42 Å². The van der Waals surface area contributed by atoms with Crippen molar-refractivity contribution in [3.8, 4) is 18.1 Å². The van der Waals surface area contributed by atoms with E-state index in [0.717, 1.165) is 12.2 Å². The largest absolute Gasteiger partial charge is 0.491 e. The molecule has 0 aromatic heterocycles. The molecule has 1 aromatic carbocycles. The molecule has 0 amide bonds. The fourth-order valence-electron chi connectivity index (χ4n) is 4.59. The predicted molar refractivity (Wildman–Crippen MR) is 201 cm³/mol. The number of aryl methyl sites for hydroxylation is 1. The molecule has 0 aliphatic rings. The van der Waals surface area contributed by atoms with E-state index in [1.165, 1.54) is 50.5 Å². The molecule has 0 fully saturated rings. The van der Waals surface area contributed by atoms with Gasteiger partial charge in [0.05, 0.1) is 139 Å². The van der Waals surface area contributed by atoms with Gasteiger partial charge in [0.1, 0.15) is 19.0 Å². The van der Waals surface area contributed by atoms with Crippen molar-refractivity contribution >= 4 is 0 Å². The molecule has 52 heavy (non-hydrogen) atoms. The maximum atomic E-state index is 5.78. The van der Waals surface area contributed by atoms with E-state index in [9.17, 15) is 0 Å². The lowest BCUT2D eigenvalue weighted by Gasteiger charge is -2.09. The van der Waals surface area contributed by atoms with Gasteiger partial charge in [0.2, 0.25) is 0 Å². The number of rotatable bonds is 43. The molecular formula is C40H70O12. The number of hydrogen-bond donors (Lipinski definition) is 0. The Balaban J connectivity index is 1.68. The first-order chi connectivity index (χ1) is 25.9. The van der Waals surface area contributed by atoms with Crippen LogP contribution in [0, 0.1) is 12.3 Å². The Morgan fingerprint density at radius 1 is 0.385 bits per heavy atom. The molecule has 0 aliphatic carbocycles. The zero-order valence-corrected chi connectivity index (χ0v) is 32.2. The normalized spacial score (nSPS) is 11.3. The third-order valence-corrected chi connectivity index (χ3v) is 7.39. The summed E-state index contributed by atoms with van der Waals surface area (Å²) in [6.07, 6.45) is 15.6. The van der Waals surface area contributed by atoms with Crippen molar-refractivity contribution in [3.63, 3.8) is 0 Å². The van der Waals surface area contributed by atoms with Crippen molar-refractivity contribution in [2.75, 3.05) is 152 Å². The summed E-state index contributed by atoms with van der Waals surface area (Å²) >= 11 is 0. The highest BCUT2D eigenvalue weighted by Gasteiger charge is 1.99. The number of terminal acetylenes is 1. The summed E-state index contributed by atoms with van der Waals surface area (Å²) in [7, 11) is 0. The minimum atomic E-state index is 0.308. The van der Waals surface area contributed by atoms with Crippen molar-refractivity contribution in [1.82, 2.24) is 0 Å². The Hall–Kier alpha value is -1.86. The molecule has 0 N–H and O–H groups in total. The zero-order chi connectivity index (χ0) is 37.1. The van der Waals surface area contributed by atoms with Gasteiger partial charge in [0.25, 0.3) is 0 Å². The Kier molecular flexibility index (Phi) is 38.8. The average molecular weight is 743 g/mol. The molecule has 0 unspecified atom stereocenters. The van der Waals surface area contributed by atoms with Crippen LogP contribution in [-0.4, -0.2) is 152 Å². The Morgan fingerprint density at radius 2 is 0.692 bits per heavy atom. The van der Waals surface area contributed by atoms with Crippen LogP contribution in [0.2, 0.25) is 0 Å². The van der Waals surface area contributed by atoms with Crippen LogP contribution in [0.5, 0.6) is 5.75 Å². The Bertz CT molecular complexity index is 867. The molecule has 0 radical (unpaired) electrons. The van der Waals surface area contributed by atoms with Gasteiger partial charge in [0, 0.05) is 0 Å². The number of benzene rings is 1. The van der Waals surface area contributed by atoms with Crippen LogP contribution in [0.15, 0.2) is 24.3 Å². The average Bonchev–Trinajstić information content (AvgIpc) is 3.16. The van der Waals surface area contributed by atoms with E-state index >= 15 is 0 Å². The standard InChI is InChI=1S/C40H70O12/c1-3-5-6-7-8-9-10-11-39-12-14-40(15-13-39)52-38-37-51-36-35-50-34-33-49-32-31-48-30-29-47-28-27-46-26-25-45-24-23-44-22-21-43-20-19-42-18-17-41-16-4-2/h2,12-15H,3,5-11,16-38H2,1H3. The van der Waals surface area contributed by atoms with Crippen LogP contribution in [0.1, 0.15) is 57.4 Å². The van der Waals surface area contributed by atoms with Gasteiger partial charge in [-0.05, 0) is 30.5 Å². The van der Waals surface area contributed by atoms with Gasteiger partial charge in [-0.1, -0.05) is 63.5 Å². The van der Waals surface area contributed by atoms with Crippen molar-refractivity contribution in [2.45, 2.75) is 58.3 Å². The molecule has 0 bridgehead atoms. The molecular weight excluding hydrogens is 672 g/mol. The van der Waals surface area contributed by atoms with E-state index in [0.29, 0.717) is 152 Å². The number of hydrogen-bond acceptors (Lipinski definition) is 12. The highest BCUT2D eigenvalue weighted by molar-refractivity contribution is 5.27. The van der Waals surface area contributed by atoms with Crippen LogP contribution in [0.4, 0.5) is 0 Å². The van der Waals surface area contributed by atoms with Crippen molar-refractivity contribution in [3.05, 3.63) is 29.8 Å². The minimum absolute atomic E-state index is 0.308. The van der Waals surface area contributed by atoms with E-state index in [-0.39, 0.29) is 0 Å². The Morgan fingerprint density at radius 3 is 1.04 bits per heavy atom. The molecule has 0 aliphatic heterocycles. The maximum absolute atomic E-state index is 5.78. The summed E-state index contributed by atoms with van der Waals surface area (Å²) in [5, 5.41) is 0. The predicted octanol–water partition coefficient (Wildman–Crippen LogP) is 5.17. The molecule has 1 aromatic rings. The lowest BCUT2D eigenvalue weighted by Crippen LogP contribution is -2.15. The fraction of sp³-hybridized carbons (Fsp3) is 0.800. The van der Waals surface area contributed by atoms with E-state index in [4.69, 9.17) is 63.3 Å². The second-order valence-electron chi connectivity index (χ2n) is 11.7. The summed E-state index contributed by atoms with van der Waals surface area (Å²) in [6, 6.07) is 8.45. The van der Waals surface area contributed by atoms with Gasteiger partial charge in [0.15, 0.2) is 0 Å². The van der Waals surface area contributed by atoms with E-state index < -0.39 is 0 Å². The molecule has 0 saturated heterocycles. The maximum Gasteiger partial charge on any atom is 0.119 e. The van der Waals surface area contributed by atoms with Gasteiger partial charge in [-0.3, -0.25) is 0 Å². The minimum Gasteiger partial charge on any atom is -0.491 e. The van der Waals surface area contributed by atoms with Gasteiger partial charge < -0.3 is 56.8 Å². The molecule has 0 saturated carbocycles. The van der Waals surface area contributed by atoms with E-state index in [1.807, 2.05) is 0 Å². The number of ether oxygens (including phenoxy) is 12. The second-order valence-corrected chi connectivity index (χ2v) is 11.7. The summed E-state index contributed by atoms with van der Waals surface area (Å²) in [4.78, 5) is 0. The topological polar surface area (TPSA) is 111 Å². The quantitative estimate of drug-likeness (QED) is 0.0650. The number of unbranched alkanes of at least 4 members (excludes halogenated alkanes) is 6. The second kappa shape index (κ2) is 41.9. The lowest BCUT2D eigenvalue weighted by molar-refractivity contribution is -0.0275. The first-order valence-electron chi connectivity index (χ1n) is 19.4. The van der Waals surface area contributed by atoms with Crippen LogP contribution in [0.3, 0.4) is 0 Å². The third-order valence-electron chi connectivity index (χ3n) is 7.39.